The molecule has 0 aliphatic heterocycles. The molecule has 0 saturated carbocycles. The number of benzene rings is 1. The second-order valence-electron chi connectivity index (χ2n) is 9.19. The van der Waals surface area contributed by atoms with Crippen molar-refractivity contribution in [1.29, 1.82) is 0 Å². The molecule has 33 heavy (non-hydrogen) atoms. The first-order valence-corrected chi connectivity index (χ1v) is 14.5. The SMILES string of the molecule is CCC(O)(CC)CCc1ccc(C(CC)(CC)c2cc(C)c(C(=O)NS(C)(=O)=O)s2)cc1C. The van der Waals surface area contributed by atoms with Crippen molar-refractivity contribution in [3.8, 4) is 0 Å². The van der Waals surface area contributed by atoms with Gasteiger partial charge < -0.3 is 5.11 Å². The van der Waals surface area contributed by atoms with Gasteiger partial charge in [0.05, 0.1) is 16.7 Å². The summed E-state index contributed by atoms with van der Waals surface area (Å²) in [6.07, 6.45) is 5.80. The summed E-state index contributed by atoms with van der Waals surface area (Å²) in [5, 5.41) is 10.7. The topological polar surface area (TPSA) is 83.5 Å². The third kappa shape index (κ3) is 6.25. The first-order valence-electron chi connectivity index (χ1n) is 11.8. The number of hydrogen-bond donors (Lipinski definition) is 2. The zero-order valence-corrected chi connectivity index (χ0v) is 22.7. The van der Waals surface area contributed by atoms with E-state index in [0.29, 0.717) is 4.88 Å². The van der Waals surface area contributed by atoms with Crippen LogP contribution in [0.5, 0.6) is 0 Å². The van der Waals surface area contributed by atoms with E-state index in [1.165, 1.54) is 28.0 Å². The van der Waals surface area contributed by atoms with Crippen LogP contribution in [0.15, 0.2) is 24.3 Å². The lowest BCUT2D eigenvalue weighted by Crippen LogP contribution is -2.29. The lowest BCUT2D eigenvalue weighted by atomic mass is 9.73. The van der Waals surface area contributed by atoms with E-state index in [1.807, 2.05) is 26.8 Å². The highest BCUT2D eigenvalue weighted by Gasteiger charge is 2.34. The smallest absolute Gasteiger partial charge is 0.275 e. The Kier molecular flexibility index (Phi) is 8.93. The van der Waals surface area contributed by atoms with Crippen molar-refractivity contribution in [3.63, 3.8) is 0 Å². The van der Waals surface area contributed by atoms with Gasteiger partial charge in [0, 0.05) is 10.3 Å². The average molecular weight is 494 g/mol. The Morgan fingerprint density at radius 1 is 1.00 bits per heavy atom. The van der Waals surface area contributed by atoms with Crippen molar-refractivity contribution in [2.24, 2.45) is 0 Å². The minimum Gasteiger partial charge on any atom is -0.390 e. The van der Waals surface area contributed by atoms with Crippen LogP contribution in [0.3, 0.4) is 0 Å². The number of sulfonamides is 1. The van der Waals surface area contributed by atoms with Crippen molar-refractivity contribution in [1.82, 2.24) is 4.72 Å². The molecule has 2 N–H and O–H groups in total. The van der Waals surface area contributed by atoms with Gasteiger partial charge in [-0.05, 0) is 80.7 Å². The average Bonchev–Trinajstić information content (AvgIpc) is 3.15. The Morgan fingerprint density at radius 2 is 1.61 bits per heavy atom. The molecule has 2 aromatic rings. The highest BCUT2D eigenvalue weighted by atomic mass is 32.2. The third-order valence-corrected chi connectivity index (χ3v) is 9.15. The zero-order chi connectivity index (χ0) is 25.0. The van der Waals surface area contributed by atoms with Crippen LogP contribution < -0.4 is 4.72 Å². The molecule has 0 unspecified atom stereocenters. The van der Waals surface area contributed by atoms with E-state index in [0.717, 1.165) is 55.2 Å². The number of thiophene rings is 1. The Labute approximate surface area is 203 Å². The highest BCUT2D eigenvalue weighted by molar-refractivity contribution is 7.89. The minimum atomic E-state index is -3.62. The molecule has 1 amide bonds. The minimum absolute atomic E-state index is 0.254. The standard InChI is InChI=1S/C26H39NO4S2/c1-8-25(29,9-2)15-14-20-12-13-21(16-18(20)5)26(10-3,11-4)22-17-19(6)23(32-22)24(28)27-33(7,30)31/h12-13,16-17,29H,8-11,14-15H2,1-7H3,(H,27,28). The fourth-order valence-electron chi connectivity index (χ4n) is 4.55. The first-order chi connectivity index (χ1) is 15.3. The van der Waals surface area contributed by atoms with Gasteiger partial charge in [0.15, 0.2) is 0 Å². The first kappa shape index (κ1) is 27.5. The number of nitrogens with one attached hydrogen (secondary N) is 1. The maximum Gasteiger partial charge on any atom is 0.275 e. The third-order valence-electron chi connectivity index (χ3n) is 7.15. The van der Waals surface area contributed by atoms with E-state index in [2.05, 4.69) is 43.7 Å². The summed E-state index contributed by atoms with van der Waals surface area (Å²) in [6, 6.07) is 8.62. The number of amides is 1. The summed E-state index contributed by atoms with van der Waals surface area (Å²) in [6.45, 7) is 12.3. The van der Waals surface area contributed by atoms with Crippen molar-refractivity contribution in [3.05, 3.63) is 56.3 Å². The highest BCUT2D eigenvalue weighted by Crippen LogP contribution is 2.44. The second kappa shape index (κ2) is 10.7. The molecule has 0 aliphatic carbocycles. The van der Waals surface area contributed by atoms with Crippen molar-refractivity contribution in [2.45, 2.75) is 91.1 Å². The number of carbonyl (C=O) groups is 1. The Balaban J connectivity index is 2.43. The van der Waals surface area contributed by atoms with E-state index in [-0.39, 0.29) is 5.41 Å². The molecule has 1 aromatic carbocycles. The van der Waals surface area contributed by atoms with Crippen LogP contribution in [0.4, 0.5) is 0 Å². The molecule has 1 aromatic heterocycles. The Morgan fingerprint density at radius 3 is 2.09 bits per heavy atom. The summed E-state index contributed by atoms with van der Waals surface area (Å²) in [5.41, 5.74) is 3.57. The molecule has 0 fully saturated rings. The normalized spacial score (nSPS) is 12.7. The predicted octanol–water partition coefficient (Wildman–Crippen LogP) is 5.64. The molecule has 0 radical (unpaired) electrons. The van der Waals surface area contributed by atoms with Gasteiger partial charge in [-0.2, -0.15) is 0 Å². The van der Waals surface area contributed by atoms with Crippen LogP contribution in [0.2, 0.25) is 0 Å². The molecule has 0 atom stereocenters. The molecular weight excluding hydrogens is 454 g/mol. The van der Waals surface area contributed by atoms with Crippen molar-refractivity contribution >= 4 is 27.3 Å². The number of aryl methyl sites for hydroxylation is 3. The monoisotopic (exact) mass is 493 g/mol. The van der Waals surface area contributed by atoms with Crippen LogP contribution >= 0.6 is 11.3 Å². The van der Waals surface area contributed by atoms with Gasteiger partial charge in [0.1, 0.15) is 0 Å². The summed E-state index contributed by atoms with van der Waals surface area (Å²) in [7, 11) is -3.62. The van der Waals surface area contributed by atoms with Gasteiger partial charge in [-0.1, -0.05) is 45.9 Å². The van der Waals surface area contributed by atoms with Crippen LogP contribution in [0.1, 0.15) is 96.6 Å². The maximum atomic E-state index is 12.5. The number of hydrogen-bond acceptors (Lipinski definition) is 5. The lowest BCUT2D eigenvalue weighted by Gasteiger charge is -2.32. The Hall–Kier alpha value is -1.70. The summed E-state index contributed by atoms with van der Waals surface area (Å²) < 4.78 is 25.2. The van der Waals surface area contributed by atoms with Gasteiger partial charge >= 0.3 is 0 Å². The van der Waals surface area contributed by atoms with Crippen LogP contribution in [-0.4, -0.2) is 31.3 Å². The van der Waals surface area contributed by atoms with Gasteiger partial charge in [0.2, 0.25) is 10.0 Å². The van der Waals surface area contributed by atoms with Crippen LogP contribution in [-0.2, 0) is 21.9 Å². The van der Waals surface area contributed by atoms with E-state index >= 15 is 0 Å². The second-order valence-corrected chi connectivity index (χ2v) is 12.0. The van der Waals surface area contributed by atoms with Crippen molar-refractivity contribution in [2.75, 3.05) is 6.26 Å². The quantitative estimate of drug-likeness (QED) is 0.424. The van der Waals surface area contributed by atoms with Crippen molar-refractivity contribution < 1.29 is 18.3 Å². The zero-order valence-electron chi connectivity index (χ0n) is 21.0. The van der Waals surface area contributed by atoms with E-state index < -0.39 is 21.5 Å². The van der Waals surface area contributed by atoms with E-state index in [9.17, 15) is 18.3 Å². The predicted molar refractivity (Wildman–Crippen MR) is 138 cm³/mol. The van der Waals surface area contributed by atoms with Gasteiger partial charge in [-0.15, -0.1) is 11.3 Å². The molecule has 0 spiro atoms. The Bertz CT molecular complexity index is 1080. The van der Waals surface area contributed by atoms with Gasteiger partial charge in [0.25, 0.3) is 5.91 Å². The summed E-state index contributed by atoms with van der Waals surface area (Å²) >= 11 is 1.38. The fraction of sp³-hybridized carbons (Fsp3) is 0.577. The number of aliphatic hydroxyl groups is 1. The molecule has 7 heteroatoms. The maximum absolute atomic E-state index is 12.5. The largest absolute Gasteiger partial charge is 0.390 e. The van der Waals surface area contributed by atoms with Gasteiger partial charge in [-0.3, -0.25) is 4.79 Å². The summed E-state index contributed by atoms with van der Waals surface area (Å²) in [4.78, 5) is 14.0. The molecule has 0 aliphatic rings. The van der Waals surface area contributed by atoms with Crippen LogP contribution in [0, 0.1) is 13.8 Å². The number of rotatable bonds is 11. The molecule has 5 nitrogen and oxygen atoms in total. The van der Waals surface area contributed by atoms with E-state index in [4.69, 9.17) is 0 Å². The molecule has 184 valence electrons. The van der Waals surface area contributed by atoms with Crippen LogP contribution in [0.25, 0.3) is 0 Å². The molecule has 2 rings (SSSR count). The lowest BCUT2D eigenvalue weighted by molar-refractivity contribution is 0.0239. The van der Waals surface area contributed by atoms with Gasteiger partial charge in [-0.25, -0.2) is 13.1 Å². The molecule has 1 heterocycles. The molecular formula is C26H39NO4S2. The molecule has 0 bridgehead atoms. The summed E-state index contributed by atoms with van der Waals surface area (Å²) in [5.74, 6) is -0.571. The number of carbonyl (C=O) groups excluding carboxylic acids is 1. The fourth-order valence-corrected chi connectivity index (χ4v) is 6.48. The molecule has 0 saturated heterocycles. The van der Waals surface area contributed by atoms with E-state index in [1.54, 1.807) is 0 Å².